The normalized spacial score (nSPS) is 13.1. The van der Waals surface area contributed by atoms with Crippen molar-refractivity contribution in [1.29, 1.82) is 0 Å². The number of hydrogen-bond donors (Lipinski definition) is 0. The molecule has 0 N–H and O–H groups in total. The fraction of sp³-hybridized carbons (Fsp3) is 0.786. The van der Waals surface area contributed by atoms with Crippen LogP contribution in [-0.4, -0.2) is 34.3 Å². The van der Waals surface area contributed by atoms with E-state index in [1.54, 1.807) is 41.5 Å². The van der Waals surface area contributed by atoms with Crippen LogP contribution in [0, 0.1) is 0 Å². The molecule has 0 aromatic rings. The smallest absolute Gasteiger partial charge is 0.354 e. The Balaban J connectivity index is 5.68. The van der Waals surface area contributed by atoms with Gasteiger partial charge >= 0.3 is 5.97 Å². The Morgan fingerprint density at radius 2 is 1.11 bits per heavy atom. The molecule has 0 unspecified atom stereocenters. The highest BCUT2D eigenvalue weighted by atomic mass is 16.6. The first-order valence-electron chi connectivity index (χ1n) is 6.18. The number of carbonyl (C=O) groups excluding carboxylic acids is 3. The second-order valence-electron chi connectivity index (χ2n) is 6.51. The molecule has 0 aromatic carbocycles. The van der Waals surface area contributed by atoms with Crippen molar-refractivity contribution in [2.24, 2.45) is 0 Å². The SMILES string of the molecule is CC(=O)C(OC(C)(C)C)(C(C)=O)C(=O)OC(C)(C)C. The van der Waals surface area contributed by atoms with Crippen molar-refractivity contribution >= 4 is 17.5 Å². The fourth-order valence-electron chi connectivity index (χ4n) is 1.53. The van der Waals surface area contributed by atoms with Gasteiger partial charge in [-0.2, -0.15) is 0 Å². The summed E-state index contributed by atoms with van der Waals surface area (Å²) in [6.45, 7) is 12.3. The molecule has 0 amide bonds. The molecule has 5 nitrogen and oxygen atoms in total. The number of hydrogen-bond acceptors (Lipinski definition) is 5. The molecule has 0 bridgehead atoms. The van der Waals surface area contributed by atoms with E-state index in [1.165, 1.54) is 0 Å². The van der Waals surface area contributed by atoms with Gasteiger partial charge < -0.3 is 9.47 Å². The summed E-state index contributed by atoms with van der Waals surface area (Å²) in [6.07, 6.45) is 0. The molecular weight excluding hydrogens is 248 g/mol. The third-order valence-electron chi connectivity index (χ3n) is 2.14. The lowest BCUT2D eigenvalue weighted by Crippen LogP contribution is -2.59. The first-order chi connectivity index (χ1) is 8.22. The number of rotatable bonds is 4. The molecule has 0 aliphatic carbocycles. The van der Waals surface area contributed by atoms with Gasteiger partial charge in [0.1, 0.15) is 5.60 Å². The highest BCUT2D eigenvalue weighted by Crippen LogP contribution is 2.26. The molecule has 0 aromatic heterocycles. The van der Waals surface area contributed by atoms with Gasteiger partial charge in [-0.15, -0.1) is 0 Å². The second kappa shape index (κ2) is 5.41. The average Bonchev–Trinajstić information content (AvgIpc) is 2.08. The van der Waals surface area contributed by atoms with Gasteiger partial charge in [-0.25, -0.2) is 4.79 Å². The number of Topliss-reactive ketones (excluding diaryl/α,β-unsaturated/α-hetero) is 2. The van der Waals surface area contributed by atoms with Crippen molar-refractivity contribution in [2.45, 2.75) is 72.2 Å². The Labute approximate surface area is 114 Å². The van der Waals surface area contributed by atoms with E-state index >= 15 is 0 Å². The quantitative estimate of drug-likeness (QED) is 0.578. The molecule has 0 aliphatic rings. The average molecular weight is 272 g/mol. The van der Waals surface area contributed by atoms with Crippen LogP contribution in [0.2, 0.25) is 0 Å². The predicted molar refractivity (Wildman–Crippen MR) is 70.8 cm³/mol. The lowest BCUT2D eigenvalue weighted by molar-refractivity contribution is -0.200. The summed E-state index contributed by atoms with van der Waals surface area (Å²) in [5, 5.41) is 0. The summed E-state index contributed by atoms with van der Waals surface area (Å²) in [6, 6.07) is 0. The van der Waals surface area contributed by atoms with Crippen molar-refractivity contribution in [3.05, 3.63) is 0 Å². The third-order valence-corrected chi connectivity index (χ3v) is 2.14. The molecule has 0 aliphatic heterocycles. The predicted octanol–water partition coefficient (Wildman–Crippen LogP) is 2.06. The van der Waals surface area contributed by atoms with E-state index in [1.807, 2.05) is 0 Å². The first kappa shape index (κ1) is 17.8. The van der Waals surface area contributed by atoms with E-state index in [4.69, 9.17) is 9.47 Å². The van der Waals surface area contributed by atoms with E-state index in [9.17, 15) is 14.4 Å². The maximum atomic E-state index is 12.3. The lowest BCUT2D eigenvalue weighted by atomic mass is 9.92. The number of ketones is 2. The summed E-state index contributed by atoms with van der Waals surface area (Å²) in [7, 11) is 0. The van der Waals surface area contributed by atoms with Crippen molar-refractivity contribution < 1.29 is 23.9 Å². The Morgan fingerprint density at radius 3 is 1.32 bits per heavy atom. The highest BCUT2D eigenvalue weighted by molar-refractivity contribution is 6.25. The van der Waals surface area contributed by atoms with Crippen molar-refractivity contribution in [1.82, 2.24) is 0 Å². The molecule has 0 spiro atoms. The van der Waals surface area contributed by atoms with E-state index in [0.29, 0.717) is 0 Å². The van der Waals surface area contributed by atoms with E-state index < -0.39 is 34.3 Å². The van der Waals surface area contributed by atoms with Crippen LogP contribution in [0.1, 0.15) is 55.4 Å². The molecular formula is C14H24O5. The molecule has 0 rings (SSSR count). The third kappa shape index (κ3) is 4.74. The van der Waals surface area contributed by atoms with Crippen LogP contribution in [0.5, 0.6) is 0 Å². The molecule has 0 saturated heterocycles. The maximum Gasteiger partial charge on any atom is 0.354 e. The molecule has 19 heavy (non-hydrogen) atoms. The Bertz CT molecular complexity index is 368. The summed E-state index contributed by atoms with van der Waals surface area (Å²) >= 11 is 0. The first-order valence-corrected chi connectivity index (χ1v) is 6.18. The van der Waals surface area contributed by atoms with E-state index in [0.717, 1.165) is 13.8 Å². The minimum absolute atomic E-state index is 0.677. The van der Waals surface area contributed by atoms with E-state index in [-0.39, 0.29) is 0 Å². The van der Waals surface area contributed by atoms with Crippen LogP contribution in [0.4, 0.5) is 0 Å². The highest BCUT2D eigenvalue weighted by Gasteiger charge is 2.54. The molecule has 110 valence electrons. The molecule has 0 radical (unpaired) electrons. The number of carbonyl (C=O) groups is 3. The van der Waals surface area contributed by atoms with Crippen LogP contribution < -0.4 is 0 Å². The van der Waals surface area contributed by atoms with Crippen LogP contribution >= 0.6 is 0 Å². The minimum atomic E-state index is -2.19. The largest absolute Gasteiger partial charge is 0.457 e. The Hall–Kier alpha value is -1.23. The molecule has 0 heterocycles. The van der Waals surface area contributed by atoms with Gasteiger partial charge in [0.15, 0.2) is 11.6 Å². The van der Waals surface area contributed by atoms with Crippen LogP contribution in [0.25, 0.3) is 0 Å². The van der Waals surface area contributed by atoms with Gasteiger partial charge in [0.05, 0.1) is 5.60 Å². The van der Waals surface area contributed by atoms with Gasteiger partial charge in [-0.05, 0) is 55.4 Å². The Kier molecular flexibility index (Phi) is 5.06. The van der Waals surface area contributed by atoms with Crippen LogP contribution in [0.15, 0.2) is 0 Å². The molecule has 0 atom stereocenters. The van der Waals surface area contributed by atoms with Crippen LogP contribution in [-0.2, 0) is 23.9 Å². The summed E-state index contributed by atoms with van der Waals surface area (Å²) in [5.41, 5.74) is -3.84. The van der Waals surface area contributed by atoms with Gasteiger partial charge in [0, 0.05) is 0 Å². The summed E-state index contributed by atoms with van der Waals surface area (Å²) < 4.78 is 10.6. The van der Waals surface area contributed by atoms with Crippen molar-refractivity contribution in [3.63, 3.8) is 0 Å². The molecule has 5 heteroatoms. The molecule has 0 saturated carbocycles. The Morgan fingerprint density at radius 1 is 0.737 bits per heavy atom. The zero-order valence-electron chi connectivity index (χ0n) is 13.0. The van der Waals surface area contributed by atoms with Gasteiger partial charge in [0.25, 0.3) is 5.60 Å². The zero-order valence-corrected chi connectivity index (χ0v) is 13.0. The number of ether oxygens (including phenoxy) is 2. The molecule has 0 fully saturated rings. The number of esters is 1. The second-order valence-corrected chi connectivity index (χ2v) is 6.51. The lowest BCUT2D eigenvalue weighted by Gasteiger charge is -2.35. The standard InChI is InChI=1S/C14H24O5/c1-9(15)14(10(2)16,19-13(6,7)8)11(17)18-12(3,4)5/h1-8H3. The monoisotopic (exact) mass is 272 g/mol. The summed E-state index contributed by atoms with van der Waals surface area (Å²) in [4.78, 5) is 36.0. The van der Waals surface area contributed by atoms with E-state index in [2.05, 4.69) is 0 Å². The van der Waals surface area contributed by atoms with Gasteiger partial charge in [-0.3, -0.25) is 9.59 Å². The van der Waals surface area contributed by atoms with Crippen LogP contribution in [0.3, 0.4) is 0 Å². The zero-order chi connectivity index (χ0) is 15.6. The van der Waals surface area contributed by atoms with Crippen molar-refractivity contribution in [3.8, 4) is 0 Å². The maximum absolute atomic E-state index is 12.3. The topological polar surface area (TPSA) is 69.7 Å². The fourth-order valence-corrected chi connectivity index (χ4v) is 1.53. The minimum Gasteiger partial charge on any atom is -0.457 e. The van der Waals surface area contributed by atoms with Gasteiger partial charge in [-0.1, -0.05) is 0 Å². The van der Waals surface area contributed by atoms with Crippen molar-refractivity contribution in [2.75, 3.05) is 0 Å². The summed E-state index contributed by atoms with van der Waals surface area (Å²) in [5.74, 6) is -2.32. The van der Waals surface area contributed by atoms with Gasteiger partial charge in [0.2, 0.25) is 0 Å².